The van der Waals surface area contributed by atoms with Crippen molar-refractivity contribution in [3.05, 3.63) is 182 Å². The Kier molecular flexibility index (Phi) is 33.8. The smallest absolute Gasteiger partial charge is 0.423 e. The van der Waals surface area contributed by atoms with Crippen LogP contribution in [0, 0.1) is 39.9 Å². The molecule has 73 heavy (non-hydrogen) atoms. The second kappa shape index (κ2) is 37.1. The molecule has 0 saturated carbocycles. The zero-order valence-electron chi connectivity index (χ0n) is 39.7. The van der Waals surface area contributed by atoms with E-state index in [0.717, 1.165) is 112 Å². The molecule has 4 aliphatic rings. The van der Waals surface area contributed by atoms with Gasteiger partial charge in [-0.2, -0.15) is 0 Å². The molecule has 0 amide bonds. The second-order valence-electron chi connectivity index (χ2n) is 16.5. The minimum Gasteiger partial charge on any atom is -0.423 e. The molecule has 12 unspecified atom stereocenters. The first-order chi connectivity index (χ1) is 34.6. The Morgan fingerprint density at radius 2 is 1.12 bits per heavy atom. The largest absolute Gasteiger partial charge is 0.488 e. The maximum Gasteiger partial charge on any atom is 0.488 e. The molecule has 7 nitrogen and oxygen atoms in total. The van der Waals surface area contributed by atoms with Gasteiger partial charge in [-0.1, -0.05) is 121 Å². The van der Waals surface area contributed by atoms with Crippen LogP contribution in [0.25, 0.3) is 16.7 Å². The number of rotatable bonds is 12. The van der Waals surface area contributed by atoms with E-state index in [1.807, 2.05) is 30.5 Å². The quantitative estimate of drug-likeness (QED) is 0.0243. The molecule has 0 spiro atoms. The van der Waals surface area contributed by atoms with Gasteiger partial charge < -0.3 is 35.0 Å². The van der Waals surface area contributed by atoms with Crippen molar-refractivity contribution >= 4 is 129 Å². The van der Waals surface area contributed by atoms with Gasteiger partial charge in [0, 0.05) is 43.2 Å². The maximum absolute atomic E-state index is 13.0. The van der Waals surface area contributed by atoms with Gasteiger partial charge in [-0.25, -0.2) is 17.6 Å². The van der Waals surface area contributed by atoms with Crippen molar-refractivity contribution in [2.45, 2.75) is 76.4 Å². The number of hydrogen-bond acceptors (Lipinski definition) is 6. The predicted octanol–water partition coefficient (Wildman–Crippen LogP) is 15.0. The van der Waals surface area contributed by atoms with Crippen LogP contribution < -0.4 is 5.46 Å². The number of aliphatic hydroxyl groups is 2. The second-order valence-corrected chi connectivity index (χ2v) is 40.7. The summed E-state index contributed by atoms with van der Waals surface area (Å²) in [6.45, 7) is 0.357. The normalized spacial score (nSPS) is 19.2. The molecule has 12 atom stereocenters. The molecule has 0 aliphatic heterocycles. The van der Waals surface area contributed by atoms with E-state index in [1.165, 1.54) is 87.7 Å². The Morgan fingerprint density at radius 3 is 1.51 bits per heavy atom. The fourth-order valence-corrected chi connectivity index (χ4v) is 38.7. The standard InChI is InChI=1S/C15H15FN2S.C13H13FO.C11H11FO.C6H6BFO2.C5H7BrO.H10P8.Pd/c16-12-6-4-10(5-7-12)14-3-1-2-11(14)8-13-9-17-15(19)18-13;14-12-6-4-11(5-7-12)13-3-1-2-10(13)8-9-15;12-9-6-4-8(5-7-9)10-2-1-3-11(10)13;8-6-3-1-5(2-4-6)7(9)10;6-4-2-1-3-5(4)7;1-4-6-7-8(3)5-2;/h3-7,9,11H,1-2,8H2,(H2,17,18,19);3-7,9-10H,1-2,8H2;2,4-7,11,13H,1,3H2;1-4,9-10H;2,5,7H,1,3H2;4-7H,1-3H2;. The summed E-state index contributed by atoms with van der Waals surface area (Å²) in [6.07, 6.45) is 20.1. The Balaban J connectivity index is 0.000000238. The zero-order chi connectivity index (χ0) is 52.4. The van der Waals surface area contributed by atoms with Crippen LogP contribution in [0.4, 0.5) is 17.6 Å². The average molecular weight is 1320 g/mol. The summed E-state index contributed by atoms with van der Waals surface area (Å²) >= 11 is 8.26. The molecule has 1 heterocycles. The van der Waals surface area contributed by atoms with E-state index in [-0.39, 0.29) is 55.9 Å². The van der Waals surface area contributed by atoms with Crippen LogP contribution in [0.1, 0.15) is 80.2 Å². The summed E-state index contributed by atoms with van der Waals surface area (Å²) in [5, 5.41) is 35.5. The van der Waals surface area contributed by atoms with Crippen molar-refractivity contribution < 1.29 is 63.0 Å². The number of allylic oxidation sites excluding steroid dienone is 6. The van der Waals surface area contributed by atoms with Gasteiger partial charge in [-0.3, -0.25) is 0 Å². The molecule has 5 aromatic rings. The summed E-state index contributed by atoms with van der Waals surface area (Å²) in [5.74, 6) is -0.223. The third kappa shape index (κ3) is 24.8. The summed E-state index contributed by atoms with van der Waals surface area (Å²) in [7, 11) is 11.8. The molecule has 23 heteroatoms. The van der Waals surface area contributed by atoms with Crippen molar-refractivity contribution in [3.63, 3.8) is 0 Å². The molecule has 9 rings (SSSR count). The van der Waals surface area contributed by atoms with E-state index < -0.39 is 7.12 Å². The van der Waals surface area contributed by atoms with Crippen LogP contribution >= 0.6 is 93.8 Å². The number of carbonyl (C=O) groups is 1. The number of aromatic amines is 2. The molecule has 0 bridgehead atoms. The van der Waals surface area contributed by atoms with Crippen LogP contribution in [-0.4, -0.2) is 55.8 Å². The minimum absolute atomic E-state index is 0. The molecular formula is C50H62BBrF4N2O5P8PdS. The first-order valence-electron chi connectivity index (χ1n) is 23.0. The molecule has 0 fully saturated rings. The van der Waals surface area contributed by atoms with Crippen LogP contribution in [-0.2, 0) is 31.6 Å². The van der Waals surface area contributed by atoms with Gasteiger partial charge >= 0.3 is 7.12 Å². The summed E-state index contributed by atoms with van der Waals surface area (Å²) in [4.78, 5) is 16.7. The van der Waals surface area contributed by atoms with Gasteiger partial charge in [-0.05, 0) is 176 Å². The van der Waals surface area contributed by atoms with E-state index >= 15 is 0 Å². The van der Waals surface area contributed by atoms with E-state index in [4.69, 9.17) is 27.4 Å². The van der Waals surface area contributed by atoms with Gasteiger partial charge in [-0.15, -0.1) is 26.8 Å². The number of hydrogen-bond donors (Lipinski definition) is 6. The van der Waals surface area contributed by atoms with Gasteiger partial charge in [0.2, 0.25) is 0 Å². The Labute approximate surface area is 469 Å². The predicted molar refractivity (Wildman–Crippen MR) is 322 cm³/mol. The first-order valence-corrected chi connectivity index (χ1v) is 38.5. The van der Waals surface area contributed by atoms with E-state index in [1.54, 1.807) is 24.3 Å². The van der Waals surface area contributed by atoms with Crippen molar-refractivity contribution in [3.8, 4) is 0 Å². The molecule has 4 aliphatic carbocycles. The third-order valence-electron chi connectivity index (χ3n) is 11.5. The van der Waals surface area contributed by atoms with Crippen LogP contribution in [0.2, 0.25) is 0 Å². The van der Waals surface area contributed by atoms with Crippen molar-refractivity contribution in [2.75, 3.05) is 0 Å². The first kappa shape index (κ1) is 66.4. The fourth-order valence-electron chi connectivity index (χ4n) is 7.89. The number of carbonyl (C=O) groups excluding carboxylic acids is 1. The zero-order valence-corrected chi connectivity index (χ0v) is 52.0. The number of nitrogens with one attached hydrogen (secondary N) is 2. The number of halogens is 5. The summed E-state index contributed by atoms with van der Waals surface area (Å²) in [6, 6.07) is 24.5. The van der Waals surface area contributed by atoms with E-state index in [0.29, 0.717) is 35.5 Å². The van der Waals surface area contributed by atoms with Gasteiger partial charge in [0.15, 0.2) is 4.77 Å². The Bertz CT molecular complexity index is 2590. The molecule has 0 saturated heterocycles. The van der Waals surface area contributed by atoms with E-state index in [2.05, 4.69) is 64.8 Å². The minimum atomic E-state index is -1.51. The number of H-pyrrole nitrogens is 2. The molecular weight excluding hydrogens is 1260 g/mol. The van der Waals surface area contributed by atoms with Crippen LogP contribution in [0.15, 0.2) is 132 Å². The number of benzene rings is 4. The summed E-state index contributed by atoms with van der Waals surface area (Å²) < 4.78 is 52.1. The van der Waals surface area contributed by atoms with Crippen molar-refractivity contribution in [1.82, 2.24) is 9.97 Å². The van der Waals surface area contributed by atoms with Crippen molar-refractivity contribution in [2.24, 2.45) is 11.8 Å². The molecule has 0 radical (unpaired) electrons. The number of aldehydes is 1. The monoisotopic (exact) mass is 1320 g/mol. The summed E-state index contributed by atoms with van der Waals surface area (Å²) in [5.41, 5.74) is 7.96. The van der Waals surface area contributed by atoms with Gasteiger partial charge in [0.1, 0.15) is 29.6 Å². The Hall–Kier alpha value is -0.853. The number of imidazole rings is 1. The fraction of sp³-hybridized carbons (Fsp3) is 0.280. The molecule has 1 aromatic heterocycles. The average Bonchev–Trinajstić information content (AvgIpc) is 4.26. The third-order valence-corrected chi connectivity index (χ3v) is 43.6. The maximum atomic E-state index is 13.0. The van der Waals surface area contributed by atoms with Crippen LogP contribution in [0.5, 0.6) is 0 Å². The number of aliphatic hydroxyl groups excluding tert-OH is 2. The SMILES string of the molecule is Fc1ccc(C2=CCCC2Cc2c[nH]c(=S)[nH]2)cc1.O=CCC1CCC=C1c1ccc(F)cc1.OB(O)c1ccc(F)cc1.OC1CCC=C1Br.OC1CCC=C1c1ccc(F)cc1.PPPPP(P)PP.[Pd]. The van der Waals surface area contributed by atoms with Crippen molar-refractivity contribution in [1.29, 1.82) is 0 Å². The topological polar surface area (TPSA) is 130 Å². The van der Waals surface area contributed by atoms with Gasteiger partial charge in [0.25, 0.3) is 0 Å². The number of aromatic nitrogens is 2. The molecule has 6 N–H and O–H groups in total. The van der Waals surface area contributed by atoms with E-state index in [9.17, 15) is 27.5 Å². The van der Waals surface area contributed by atoms with Gasteiger partial charge in [0.05, 0.1) is 12.2 Å². The van der Waals surface area contributed by atoms with Crippen LogP contribution in [0.3, 0.4) is 0 Å². The molecule has 396 valence electrons. The molecule has 4 aromatic carbocycles. The Morgan fingerprint density at radius 1 is 0.685 bits per heavy atom.